The van der Waals surface area contributed by atoms with Gasteiger partial charge in [0.15, 0.2) is 5.60 Å². The van der Waals surface area contributed by atoms with Gasteiger partial charge in [0.1, 0.15) is 11.7 Å². The third-order valence-electron chi connectivity index (χ3n) is 5.70. The predicted octanol–water partition coefficient (Wildman–Crippen LogP) is 5.99. The first-order valence-electron chi connectivity index (χ1n) is 10.3. The lowest BCUT2D eigenvalue weighted by atomic mass is 9.72. The highest BCUT2D eigenvalue weighted by Gasteiger charge is 2.70. The molecule has 26 heavy (non-hydrogen) atoms. The second kappa shape index (κ2) is 8.89. The molecule has 2 fully saturated rings. The van der Waals surface area contributed by atoms with Gasteiger partial charge in [-0.1, -0.05) is 74.9 Å². The summed E-state index contributed by atoms with van der Waals surface area (Å²) in [5, 5.41) is 0. The number of unbranched alkanes of at least 4 members (excludes halogenated alkanes) is 4. The summed E-state index contributed by atoms with van der Waals surface area (Å²) in [6, 6.07) is 10.5. The van der Waals surface area contributed by atoms with E-state index in [2.05, 4.69) is 55.7 Å². The summed E-state index contributed by atoms with van der Waals surface area (Å²) in [7, 11) is 0. The first-order valence-corrected chi connectivity index (χ1v) is 10.3. The maximum Gasteiger partial charge on any atom is 0.160 e. The SMILES string of the molecule is C=CCO[C@]1(C#CCCCCCC)CCCC[C@]12O[C@H]2c1ccccc1. The Kier molecular flexibility index (Phi) is 6.57. The normalized spacial score (nSPS) is 29.8. The standard InChI is InChI=1S/C24H32O2/c1-3-5-6-7-8-12-17-23(25-20-4-2)18-13-14-19-24(23)22(26-24)21-15-10-9-11-16-21/h4,9-11,15-16,22H,2-3,5-8,13-14,18-20H2,1H3/t22-,23+,24+/m0/s1. The number of rotatable bonds is 8. The summed E-state index contributed by atoms with van der Waals surface area (Å²) in [5.74, 6) is 7.00. The monoisotopic (exact) mass is 352 g/mol. The van der Waals surface area contributed by atoms with Gasteiger partial charge in [-0.25, -0.2) is 0 Å². The molecule has 1 saturated carbocycles. The summed E-state index contributed by atoms with van der Waals surface area (Å²) in [4.78, 5) is 0. The van der Waals surface area contributed by atoms with Gasteiger partial charge >= 0.3 is 0 Å². The first kappa shape index (κ1) is 19.2. The molecule has 0 unspecified atom stereocenters. The van der Waals surface area contributed by atoms with Gasteiger partial charge in [0.2, 0.25) is 0 Å². The predicted molar refractivity (Wildman–Crippen MR) is 107 cm³/mol. The van der Waals surface area contributed by atoms with Crippen LogP contribution in [-0.4, -0.2) is 17.8 Å². The second-order valence-electron chi connectivity index (χ2n) is 7.54. The average Bonchev–Trinajstić information content (AvgIpc) is 3.41. The van der Waals surface area contributed by atoms with Crippen LogP contribution in [0.2, 0.25) is 0 Å². The van der Waals surface area contributed by atoms with Gasteiger partial charge in [-0.3, -0.25) is 0 Å². The van der Waals surface area contributed by atoms with E-state index >= 15 is 0 Å². The van der Waals surface area contributed by atoms with Gasteiger partial charge in [0.05, 0.1) is 6.61 Å². The summed E-state index contributed by atoms with van der Waals surface area (Å²) in [5.41, 5.74) is 0.460. The highest BCUT2D eigenvalue weighted by molar-refractivity contribution is 5.37. The fourth-order valence-corrected chi connectivity index (χ4v) is 4.26. The third-order valence-corrected chi connectivity index (χ3v) is 5.70. The zero-order valence-electron chi connectivity index (χ0n) is 16.1. The molecule has 2 heteroatoms. The van der Waals surface area contributed by atoms with Gasteiger partial charge in [0, 0.05) is 6.42 Å². The van der Waals surface area contributed by atoms with E-state index in [0.29, 0.717) is 6.61 Å². The number of epoxide rings is 1. The van der Waals surface area contributed by atoms with Crippen molar-refractivity contribution in [2.75, 3.05) is 6.61 Å². The highest BCUT2D eigenvalue weighted by atomic mass is 16.6. The lowest BCUT2D eigenvalue weighted by molar-refractivity contribution is -0.0683. The Morgan fingerprint density at radius 3 is 2.77 bits per heavy atom. The van der Waals surface area contributed by atoms with Crippen LogP contribution in [0.3, 0.4) is 0 Å². The Hall–Kier alpha value is -1.56. The maximum absolute atomic E-state index is 6.38. The quantitative estimate of drug-likeness (QED) is 0.248. The van der Waals surface area contributed by atoms with E-state index in [1.807, 2.05) is 6.08 Å². The molecule has 3 atom stereocenters. The smallest absolute Gasteiger partial charge is 0.160 e. The molecule has 1 aromatic rings. The van der Waals surface area contributed by atoms with Gasteiger partial charge in [-0.15, -0.1) is 12.5 Å². The zero-order valence-corrected chi connectivity index (χ0v) is 16.1. The topological polar surface area (TPSA) is 21.8 Å². The number of ether oxygens (including phenoxy) is 2. The van der Waals surface area contributed by atoms with E-state index in [0.717, 1.165) is 25.7 Å². The number of benzene rings is 1. The van der Waals surface area contributed by atoms with Crippen molar-refractivity contribution < 1.29 is 9.47 Å². The van der Waals surface area contributed by atoms with E-state index in [-0.39, 0.29) is 11.7 Å². The zero-order chi connectivity index (χ0) is 18.3. The molecule has 0 amide bonds. The van der Waals surface area contributed by atoms with Crippen LogP contribution in [0.15, 0.2) is 43.0 Å². The summed E-state index contributed by atoms with van der Waals surface area (Å²) < 4.78 is 12.7. The molecule has 2 aliphatic rings. The molecule has 140 valence electrons. The average molecular weight is 353 g/mol. The van der Waals surface area contributed by atoms with E-state index in [1.165, 1.54) is 37.7 Å². The van der Waals surface area contributed by atoms with Crippen LogP contribution < -0.4 is 0 Å². The third kappa shape index (κ3) is 3.90. The molecule has 1 heterocycles. The molecular formula is C24H32O2. The van der Waals surface area contributed by atoms with Crippen LogP contribution in [0, 0.1) is 11.8 Å². The van der Waals surface area contributed by atoms with Crippen LogP contribution in [0.25, 0.3) is 0 Å². The van der Waals surface area contributed by atoms with Crippen molar-refractivity contribution in [2.45, 2.75) is 82.0 Å². The molecule has 0 radical (unpaired) electrons. The van der Waals surface area contributed by atoms with Crippen LogP contribution in [0.5, 0.6) is 0 Å². The van der Waals surface area contributed by atoms with Crippen molar-refractivity contribution >= 4 is 0 Å². The fourth-order valence-electron chi connectivity index (χ4n) is 4.26. The van der Waals surface area contributed by atoms with Crippen molar-refractivity contribution in [3.05, 3.63) is 48.6 Å². The molecular weight excluding hydrogens is 320 g/mol. The van der Waals surface area contributed by atoms with E-state index < -0.39 is 5.60 Å². The molecule has 0 bridgehead atoms. The molecule has 1 aliphatic carbocycles. The first-order chi connectivity index (χ1) is 12.8. The van der Waals surface area contributed by atoms with Gasteiger partial charge in [-0.2, -0.15) is 0 Å². The van der Waals surface area contributed by atoms with E-state index in [1.54, 1.807) is 0 Å². The lowest BCUT2D eigenvalue weighted by Gasteiger charge is -2.38. The minimum absolute atomic E-state index is 0.100. The van der Waals surface area contributed by atoms with Gasteiger partial charge in [-0.05, 0) is 31.2 Å². The number of hydrogen-bond donors (Lipinski definition) is 0. The molecule has 1 aromatic carbocycles. The van der Waals surface area contributed by atoms with Crippen molar-refractivity contribution in [3.63, 3.8) is 0 Å². The Morgan fingerprint density at radius 2 is 2.00 bits per heavy atom. The second-order valence-corrected chi connectivity index (χ2v) is 7.54. The van der Waals surface area contributed by atoms with Crippen LogP contribution in [-0.2, 0) is 9.47 Å². The molecule has 1 saturated heterocycles. The fraction of sp³-hybridized carbons (Fsp3) is 0.583. The largest absolute Gasteiger partial charge is 0.357 e. The Balaban J connectivity index is 1.79. The van der Waals surface area contributed by atoms with Crippen molar-refractivity contribution in [2.24, 2.45) is 0 Å². The van der Waals surface area contributed by atoms with E-state index in [9.17, 15) is 0 Å². The van der Waals surface area contributed by atoms with Gasteiger partial charge in [0.25, 0.3) is 0 Å². The molecule has 0 N–H and O–H groups in total. The molecule has 3 rings (SSSR count). The Bertz CT molecular complexity index is 641. The lowest BCUT2D eigenvalue weighted by Crippen LogP contribution is -2.49. The minimum Gasteiger partial charge on any atom is -0.357 e. The van der Waals surface area contributed by atoms with Crippen molar-refractivity contribution in [1.29, 1.82) is 0 Å². The van der Waals surface area contributed by atoms with E-state index in [4.69, 9.17) is 9.47 Å². The summed E-state index contributed by atoms with van der Waals surface area (Å²) >= 11 is 0. The highest BCUT2D eigenvalue weighted by Crippen LogP contribution is 2.63. The van der Waals surface area contributed by atoms with Crippen LogP contribution in [0.1, 0.15) is 76.4 Å². The van der Waals surface area contributed by atoms with Gasteiger partial charge < -0.3 is 9.47 Å². The van der Waals surface area contributed by atoms with Crippen LogP contribution >= 0.6 is 0 Å². The molecule has 0 aromatic heterocycles. The molecule has 1 spiro atoms. The maximum atomic E-state index is 6.38. The Labute approximate surface area is 159 Å². The van der Waals surface area contributed by atoms with Crippen molar-refractivity contribution in [3.8, 4) is 11.8 Å². The minimum atomic E-state index is -0.495. The van der Waals surface area contributed by atoms with Crippen molar-refractivity contribution in [1.82, 2.24) is 0 Å². The van der Waals surface area contributed by atoms with Crippen LogP contribution in [0.4, 0.5) is 0 Å². The summed E-state index contributed by atoms with van der Waals surface area (Å²) in [6.07, 6.45) is 12.2. The number of hydrogen-bond acceptors (Lipinski definition) is 2. The summed E-state index contributed by atoms with van der Waals surface area (Å²) in [6.45, 7) is 6.60. The Morgan fingerprint density at radius 1 is 1.19 bits per heavy atom. The molecule has 1 aliphatic heterocycles. The molecule has 2 nitrogen and oxygen atoms in total.